The number of anilines is 2. The van der Waals surface area contributed by atoms with Crippen LogP contribution in [0.3, 0.4) is 0 Å². The third-order valence-corrected chi connectivity index (χ3v) is 4.25. The zero-order valence-electron chi connectivity index (χ0n) is 10.4. The van der Waals surface area contributed by atoms with Crippen molar-refractivity contribution in [3.8, 4) is 0 Å². The molecular formula is C11H16N2O4S. The lowest BCUT2D eigenvalue weighted by molar-refractivity contribution is -0.139. The van der Waals surface area contributed by atoms with Crippen LogP contribution in [-0.4, -0.2) is 26.7 Å². The van der Waals surface area contributed by atoms with Crippen molar-refractivity contribution in [2.45, 2.75) is 19.1 Å². The van der Waals surface area contributed by atoms with Gasteiger partial charge in [-0.1, -0.05) is 6.07 Å². The minimum absolute atomic E-state index is 0.353. The number of carbonyl (C=O) groups is 1. The number of nitrogen functional groups attached to an aromatic ring is 1. The van der Waals surface area contributed by atoms with Crippen molar-refractivity contribution >= 4 is 27.4 Å². The fraction of sp³-hybridized carbons (Fsp3) is 0.364. The molecule has 100 valence electrons. The summed E-state index contributed by atoms with van der Waals surface area (Å²) in [7, 11) is -2.71. The van der Waals surface area contributed by atoms with Crippen LogP contribution >= 0.6 is 0 Å². The van der Waals surface area contributed by atoms with E-state index >= 15 is 0 Å². The molecule has 0 saturated heterocycles. The summed E-state index contributed by atoms with van der Waals surface area (Å²) in [5.41, 5.74) is 7.11. The number of methoxy groups -OCH3 is 1. The molecule has 1 atom stereocenters. The highest BCUT2D eigenvalue weighted by molar-refractivity contribution is 7.94. The van der Waals surface area contributed by atoms with Crippen molar-refractivity contribution in [1.29, 1.82) is 0 Å². The van der Waals surface area contributed by atoms with Gasteiger partial charge in [0.15, 0.2) is 5.25 Å². The Kier molecular flexibility index (Phi) is 4.18. The second kappa shape index (κ2) is 5.26. The van der Waals surface area contributed by atoms with Gasteiger partial charge in [0, 0.05) is 5.69 Å². The van der Waals surface area contributed by atoms with Crippen molar-refractivity contribution in [3.63, 3.8) is 0 Å². The number of hydrogen-bond acceptors (Lipinski definition) is 5. The maximum atomic E-state index is 11.9. The molecule has 0 spiro atoms. The molecule has 1 rings (SSSR count). The van der Waals surface area contributed by atoms with Gasteiger partial charge in [0.1, 0.15) is 0 Å². The van der Waals surface area contributed by atoms with Crippen LogP contribution < -0.4 is 10.5 Å². The first kappa shape index (κ1) is 14.3. The minimum Gasteiger partial charge on any atom is -0.468 e. The minimum atomic E-state index is -3.84. The summed E-state index contributed by atoms with van der Waals surface area (Å²) in [6.45, 7) is 2.95. The summed E-state index contributed by atoms with van der Waals surface area (Å²) in [6, 6.07) is 4.87. The standard InChI is InChI=1S/C11H16N2O4S/c1-7-9(12)5-4-6-10(7)13-18(15,16)8(2)11(14)17-3/h4-6,8,13H,12H2,1-3H3. The van der Waals surface area contributed by atoms with E-state index in [0.717, 1.165) is 7.11 Å². The summed E-state index contributed by atoms with van der Waals surface area (Å²) in [4.78, 5) is 11.2. The van der Waals surface area contributed by atoms with Crippen molar-refractivity contribution in [2.75, 3.05) is 17.6 Å². The maximum Gasteiger partial charge on any atom is 0.325 e. The molecule has 0 amide bonds. The Bertz CT molecular complexity index is 554. The highest BCUT2D eigenvalue weighted by Gasteiger charge is 2.29. The molecule has 0 bridgehead atoms. The fourth-order valence-corrected chi connectivity index (χ4v) is 2.35. The average molecular weight is 272 g/mol. The molecule has 6 nitrogen and oxygen atoms in total. The number of nitrogens with one attached hydrogen (secondary N) is 1. The largest absolute Gasteiger partial charge is 0.468 e. The number of hydrogen-bond donors (Lipinski definition) is 2. The van der Waals surface area contributed by atoms with Gasteiger partial charge in [-0.15, -0.1) is 0 Å². The van der Waals surface area contributed by atoms with E-state index in [9.17, 15) is 13.2 Å². The number of nitrogens with two attached hydrogens (primary N) is 1. The lowest BCUT2D eigenvalue weighted by Crippen LogP contribution is -2.33. The summed E-state index contributed by atoms with van der Waals surface area (Å²) >= 11 is 0. The first-order valence-electron chi connectivity index (χ1n) is 5.24. The molecule has 0 aromatic heterocycles. The zero-order chi connectivity index (χ0) is 13.9. The van der Waals surface area contributed by atoms with E-state index in [4.69, 9.17) is 5.73 Å². The van der Waals surface area contributed by atoms with Crippen molar-refractivity contribution in [3.05, 3.63) is 23.8 Å². The molecular weight excluding hydrogens is 256 g/mol. The SMILES string of the molecule is COC(=O)C(C)S(=O)(=O)Nc1cccc(N)c1C. The summed E-state index contributed by atoms with van der Waals surface area (Å²) in [6.07, 6.45) is 0. The molecule has 0 aliphatic rings. The Morgan fingerprint density at radius 3 is 2.61 bits per heavy atom. The third-order valence-electron chi connectivity index (χ3n) is 2.63. The second-order valence-corrected chi connectivity index (χ2v) is 5.83. The molecule has 1 aromatic rings. The average Bonchev–Trinajstić information content (AvgIpc) is 2.32. The second-order valence-electron chi connectivity index (χ2n) is 3.83. The van der Waals surface area contributed by atoms with Crippen LogP contribution in [0.5, 0.6) is 0 Å². The van der Waals surface area contributed by atoms with Gasteiger partial charge in [-0.25, -0.2) is 8.42 Å². The van der Waals surface area contributed by atoms with Crippen molar-refractivity contribution in [2.24, 2.45) is 0 Å². The normalized spacial score (nSPS) is 12.8. The number of sulfonamides is 1. The van der Waals surface area contributed by atoms with Gasteiger partial charge in [-0.2, -0.15) is 0 Å². The smallest absolute Gasteiger partial charge is 0.325 e. The predicted molar refractivity (Wildman–Crippen MR) is 69.6 cm³/mol. The van der Waals surface area contributed by atoms with Gasteiger partial charge in [0.05, 0.1) is 12.8 Å². The molecule has 7 heteroatoms. The third kappa shape index (κ3) is 2.92. The highest BCUT2D eigenvalue weighted by Crippen LogP contribution is 2.22. The van der Waals surface area contributed by atoms with Crippen LogP contribution in [0.1, 0.15) is 12.5 Å². The monoisotopic (exact) mass is 272 g/mol. The van der Waals surface area contributed by atoms with Crippen LogP contribution in [-0.2, 0) is 19.6 Å². The van der Waals surface area contributed by atoms with Crippen molar-refractivity contribution < 1.29 is 17.9 Å². The highest BCUT2D eigenvalue weighted by atomic mass is 32.2. The van der Waals surface area contributed by atoms with E-state index in [0.29, 0.717) is 16.9 Å². The molecule has 0 fully saturated rings. The van der Waals surface area contributed by atoms with E-state index in [1.165, 1.54) is 6.92 Å². The molecule has 0 saturated carbocycles. The number of rotatable bonds is 4. The molecule has 0 radical (unpaired) electrons. The Balaban J connectivity index is 3.03. The molecule has 0 heterocycles. The first-order chi connectivity index (χ1) is 8.29. The Morgan fingerprint density at radius 2 is 2.06 bits per heavy atom. The molecule has 1 unspecified atom stereocenters. The number of carbonyl (C=O) groups excluding carboxylic acids is 1. The summed E-state index contributed by atoms with van der Waals surface area (Å²) in [5, 5.41) is -1.29. The lowest BCUT2D eigenvalue weighted by Gasteiger charge is -2.15. The molecule has 1 aromatic carbocycles. The van der Waals surface area contributed by atoms with Crippen LogP contribution in [0.25, 0.3) is 0 Å². The van der Waals surface area contributed by atoms with Crippen LogP contribution in [0.4, 0.5) is 11.4 Å². The molecule has 0 aliphatic carbocycles. The Labute approximate surface area is 106 Å². The fourth-order valence-electron chi connectivity index (χ4n) is 1.30. The Hall–Kier alpha value is -1.76. The van der Waals surface area contributed by atoms with E-state index < -0.39 is 21.2 Å². The number of benzene rings is 1. The lowest BCUT2D eigenvalue weighted by atomic mass is 10.2. The Morgan fingerprint density at radius 1 is 1.44 bits per heavy atom. The van der Waals surface area contributed by atoms with Crippen LogP contribution in [0, 0.1) is 6.92 Å². The van der Waals surface area contributed by atoms with E-state index in [1.807, 2.05) is 0 Å². The van der Waals surface area contributed by atoms with Gasteiger partial charge < -0.3 is 10.5 Å². The van der Waals surface area contributed by atoms with Crippen LogP contribution in [0.15, 0.2) is 18.2 Å². The van der Waals surface area contributed by atoms with Gasteiger partial charge in [-0.3, -0.25) is 9.52 Å². The van der Waals surface area contributed by atoms with E-state index in [-0.39, 0.29) is 0 Å². The number of ether oxygens (including phenoxy) is 1. The van der Waals surface area contributed by atoms with E-state index in [2.05, 4.69) is 9.46 Å². The van der Waals surface area contributed by atoms with Crippen LogP contribution in [0.2, 0.25) is 0 Å². The quantitative estimate of drug-likeness (QED) is 0.626. The summed E-state index contributed by atoms with van der Waals surface area (Å²) in [5.74, 6) is -0.816. The van der Waals surface area contributed by atoms with Crippen molar-refractivity contribution in [1.82, 2.24) is 0 Å². The molecule has 3 N–H and O–H groups in total. The van der Waals surface area contributed by atoms with Gasteiger partial charge >= 0.3 is 5.97 Å². The topological polar surface area (TPSA) is 98.5 Å². The van der Waals surface area contributed by atoms with Gasteiger partial charge in [-0.05, 0) is 31.5 Å². The van der Waals surface area contributed by atoms with E-state index in [1.54, 1.807) is 25.1 Å². The van der Waals surface area contributed by atoms with Gasteiger partial charge in [0.2, 0.25) is 10.0 Å². The zero-order valence-corrected chi connectivity index (χ0v) is 11.2. The first-order valence-corrected chi connectivity index (χ1v) is 6.78. The predicted octanol–water partition coefficient (Wildman–Crippen LogP) is 0.880. The summed E-state index contributed by atoms with van der Waals surface area (Å²) < 4.78 is 30.6. The molecule has 18 heavy (non-hydrogen) atoms. The van der Waals surface area contributed by atoms with Gasteiger partial charge in [0.25, 0.3) is 0 Å². The molecule has 0 aliphatic heterocycles. The number of esters is 1. The maximum absolute atomic E-state index is 11.9.